The number of carbonyl (C=O) groups is 1. The molecule has 19 heavy (non-hydrogen) atoms. The third-order valence-electron chi connectivity index (χ3n) is 2.33. The summed E-state index contributed by atoms with van der Waals surface area (Å²) >= 11 is 0. The number of hydrogen-bond donors (Lipinski definition) is 2. The van der Waals surface area contributed by atoms with Crippen molar-refractivity contribution in [2.24, 2.45) is 0 Å². The summed E-state index contributed by atoms with van der Waals surface area (Å²) in [6.07, 6.45) is 3.39. The van der Waals surface area contributed by atoms with Gasteiger partial charge in [-0.2, -0.15) is 4.98 Å². The van der Waals surface area contributed by atoms with E-state index in [4.69, 9.17) is 4.52 Å². The van der Waals surface area contributed by atoms with E-state index in [0.29, 0.717) is 30.5 Å². The van der Waals surface area contributed by atoms with Gasteiger partial charge in [0.1, 0.15) is 11.5 Å². The van der Waals surface area contributed by atoms with E-state index in [9.17, 15) is 4.79 Å². The third kappa shape index (κ3) is 3.47. The maximum Gasteiger partial charge on any atom is 0.271 e. The van der Waals surface area contributed by atoms with Gasteiger partial charge in [0.25, 0.3) is 5.91 Å². The Bertz CT molecular complexity index is 551. The highest BCUT2D eigenvalue weighted by Crippen LogP contribution is 2.00. The number of carbonyl (C=O) groups excluding carboxylic acids is 1. The fraction of sp³-hybridized carbons (Fsp3) is 0.364. The number of anilines is 1. The monoisotopic (exact) mass is 262 g/mol. The summed E-state index contributed by atoms with van der Waals surface area (Å²) in [4.78, 5) is 23.8. The largest absolute Gasteiger partial charge is 0.372 e. The van der Waals surface area contributed by atoms with E-state index in [1.165, 1.54) is 12.4 Å². The van der Waals surface area contributed by atoms with E-state index in [2.05, 4.69) is 30.7 Å². The lowest BCUT2D eigenvalue weighted by Gasteiger charge is -2.03. The van der Waals surface area contributed by atoms with Crippen LogP contribution in [0.2, 0.25) is 0 Å². The van der Waals surface area contributed by atoms with Gasteiger partial charge in [0.2, 0.25) is 5.89 Å². The summed E-state index contributed by atoms with van der Waals surface area (Å²) < 4.78 is 4.93. The molecule has 0 aliphatic rings. The van der Waals surface area contributed by atoms with Crippen molar-refractivity contribution in [1.82, 2.24) is 25.4 Å². The van der Waals surface area contributed by atoms with Crippen LogP contribution in [0, 0.1) is 6.92 Å². The fourth-order valence-electron chi connectivity index (χ4n) is 1.39. The van der Waals surface area contributed by atoms with Crippen LogP contribution in [0.4, 0.5) is 5.82 Å². The van der Waals surface area contributed by atoms with E-state index in [1.54, 1.807) is 14.0 Å². The van der Waals surface area contributed by atoms with E-state index >= 15 is 0 Å². The van der Waals surface area contributed by atoms with E-state index in [0.717, 1.165) is 0 Å². The third-order valence-corrected chi connectivity index (χ3v) is 2.33. The molecule has 0 aliphatic heterocycles. The molecule has 2 aromatic rings. The minimum atomic E-state index is -0.286. The van der Waals surface area contributed by atoms with Gasteiger partial charge in [-0.3, -0.25) is 4.79 Å². The van der Waals surface area contributed by atoms with Gasteiger partial charge in [0.05, 0.1) is 12.4 Å². The summed E-state index contributed by atoms with van der Waals surface area (Å²) in [5, 5.41) is 9.20. The average molecular weight is 262 g/mol. The Morgan fingerprint density at radius 3 is 2.79 bits per heavy atom. The van der Waals surface area contributed by atoms with Crippen molar-refractivity contribution in [2.45, 2.75) is 13.3 Å². The highest BCUT2D eigenvalue weighted by atomic mass is 16.5. The lowest BCUT2D eigenvalue weighted by atomic mass is 10.3. The molecule has 0 unspecified atom stereocenters. The summed E-state index contributed by atoms with van der Waals surface area (Å²) in [6.45, 7) is 2.14. The first-order valence-corrected chi connectivity index (χ1v) is 5.76. The first kappa shape index (κ1) is 12.9. The van der Waals surface area contributed by atoms with Gasteiger partial charge in [-0.25, -0.2) is 9.97 Å². The van der Waals surface area contributed by atoms with Crippen molar-refractivity contribution < 1.29 is 9.32 Å². The molecule has 0 saturated heterocycles. The molecule has 0 radical (unpaired) electrons. The lowest BCUT2D eigenvalue weighted by Crippen LogP contribution is -2.26. The zero-order valence-electron chi connectivity index (χ0n) is 10.7. The average Bonchev–Trinajstić information content (AvgIpc) is 2.84. The summed E-state index contributed by atoms with van der Waals surface area (Å²) in [5.74, 6) is 1.40. The van der Waals surface area contributed by atoms with Gasteiger partial charge < -0.3 is 15.2 Å². The number of rotatable bonds is 5. The molecule has 0 aromatic carbocycles. The quantitative estimate of drug-likeness (QED) is 0.791. The fourth-order valence-corrected chi connectivity index (χ4v) is 1.39. The minimum absolute atomic E-state index is 0.265. The molecule has 1 amide bonds. The summed E-state index contributed by atoms with van der Waals surface area (Å²) in [6, 6.07) is 0. The first-order chi connectivity index (χ1) is 9.19. The number of nitrogens with one attached hydrogen (secondary N) is 2. The molecule has 8 nitrogen and oxygen atoms in total. The topological polar surface area (TPSA) is 106 Å². The molecule has 0 saturated carbocycles. The van der Waals surface area contributed by atoms with Crippen LogP contribution in [0.15, 0.2) is 16.9 Å². The van der Waals surface area contributed by atoms with Crippen molar-refractivity contribution in [1.29, 1.82) is 0 Å². The van der Waals surface area contributed by atoms with Crippen LogP contribution in [-0.2, 0) is 6.42 Å². The van der Waals surface area contributed by atoms with Crippen molar-refractivity contribution in [2.75, 3.05) is 18.9 Å². The second-order valence-electron chi connectivity index (χ2n) is 3.78. The lowest BCUT2D eigenvalue weighted by molar-refractivity contribution is 0.0948. The molecular formula is C11H14N6O2. The highest BCUT2D eigenvalue weighted by Gasteiger charge is 2.08. The molecule has 0 atom stereocenters. The Morgan fingerprint density at radius 1 is 1.37 bits per heavy atom. The van der Waals surface area contributed by atoms with Crippen molar-refractivity contribution >= 4 is 11.7 Å². The van der Waals surface area contributed by atoms with E-state index in [-0.39, 0.29) is 11.6 Å². The Kier molecular flexibility index (Phi) is 4.01. The van der Waals surface area contributed by atoms with Gasteiger partial charge in [0.15, 0.2) is 5.82 Å². The summed E-state index contributed by atoms with van der Waals surface area (Å²) in [7, 11) is 1.73. The molecule has 0 spiro atoms. The summed E-state index contributed by atoms with van der Waals surface area (Å²) in [5.41, 5.74) is 0.265. The number of amides is 1. The second-order valence-corrected chi connectivity index (χ2v) is 3.78. The van der Waals surface area contributed by atoms with E-state index in [1.807, 2.05) is 0 Å². The standard InChI is InChI=1S/C11H14N6O2/c1-7-16-10(19-17-7)3-4-13-11(18)8-5-15-9(12-2)6-14-8/h5-6H,3-4H2,1-2H3,(H,12,15)(H,13,18). The molecule has 0 bridgehead atoms. The number of aromatic nitrogens is 4. The number of aryl methyl sites for hydroxylation is 1. The molecule has 2 aromatic heterocycles. The predicted molar refractivity (Wildman–Crippen MR) is 66.7 cm³/mol. The number of hydrogen-bond acceptors (Lipinski definition) is 7. The maximum absolute atomic E-state index is 11.7. The van der Waals surface area contributed by atoms with Crippen LogP contribution < -0.4 is 10.6 Å². The first-order valence-electron chi connectivity index (χ1n) is 5.76. The van der Waals surface area contributed by atoms with Crippen LogP contribution in [0.3, 0.4) is 0 Å². The molecule has 8 heteroatoms. The normalized spacial score (nSPS) is 10.2. The molecule has 2 N–H and O–H groups in total. The Balaban J connectivity index is 1.83. The van der Waals surface area contributed by atoms with Gasteiger partial charge in [-0.05, 0) is 6.92 Å². The number of nitrogens with zero attached hydrogens (tertiary/aromatic N) is 4. The second kappa shape index (κ2) is 5.89. The van der Waals surface area contributed by atoms with Crippen LogP contribution in [0.1, 0.15) is 22.2 Å². The van der Waals surface area contributed by atoms with Crippen molar-refractivity contribution in [3.8, 4) is 0 Å². The van der Waals surface area contributed by atoms with E-state index < -0.39 is 0 Å². The van der Waals surface area contributed by atoms with Crippen LogP contribution in [-0.4, -0.2) is 39.6 Å². The van der Waals surface area contributed by atoms with Crippen LogP contribution >= 0.6 is 0 Å². The molecular weight excluding hydrogens is 248 g/mol. The van der Waals surface area contributed by atoms with Gasteiger partial charge in [-0.1, -0.05) is 5.16 Å². The van der Waals surface area contributed by atoms with Crippen LogP contribution in [0.5, 0.6) is 0 Å². The van der Waals surface area contributed by atoms with Crippen molar-refractivity contribution in [3.63, 3.8) is 0 Å². The van der Waals surface area contributed by atoms with Gasteiger partial charge in [0, 0.05) is 20.0 Å². The van der Waals surface area contributed by atoms with Gasteiger partial charge in [-0.15, -0.1) is 0 Å². The van der Waals surface area contributed by atoms with Crippen LogP contribution in [0.25, 0.3) is 0 Å². The Hall–Kier alpha value is -2.51. The maximum atomic E-state index is 11.7. The Morgan fingerprint density at radius 2 is 2.21 bits per heavy atom. The van der Waals surface area contributed by atoms with Crippen molar-refractivity contribution in [3.05, 3.63) is 29.8 Å². The zero-order valence-corrected chi connectivity index (χ0v) is 10.7. The van der Waals surface area contributed by atoms with Gasteiger partial charge >= 0.3 is 0 Å². The molecule has 0 fully saturated rings. The zero-order chi connectivity index (χ0) is 13.7. The SMILES string of the molecule is CNc1cnc(C(=O)NCCc2nc(C)no2)cn1. The Labute approximate surface area is 109 Å². The molecule has 2 heterocycles. The predicted octanol–water partition coefficient (Wildman–Crippen LogP) is 0.182. The molecule has 100 valence electrons. The highest BCUT2D eigenvalue weighted by molar-refractivity contribution is 5.91. The molecule has 2 rings (SSSR count). The molecule has 0 aliphatic carbocycles. The minimum Gasteiger partial charge on any atom is -0.372 e. The smallest absolute Gasteiger partial charge is 0.271 e.